The van der Waals surface area contributed by atoms with Gasteiger partial charge in [-0.15, -0.1) is 11.8 Å². The molecule has 0 saturated carbocycles. The van der Waals surface area contributed by atoms with Crippen molar-refractivity contribution in [2.75, 3.05) is 5.75 Å². The first-order valence-electron chi connectivity index (χ1n) is 8.68. The Bertz CT molecular complexity index is 1020. The third-order valence-corrected chi connectivity index (χ3v) is 6.38. The van der Waals surface area contributed by atoms with E-state index in [1.807, 2.05) is 57.2 Å². The Labute approximate surface area is 171 Å². The molecule has 3 aromatic rings. The molecule has 2 aromatic carbocycles. The summed E-state index contributed by atoms with van der Waals surface area (Å²) in [5.74, 6) is 1.21. The smallest absolute Gasteiger partial charge is 0.347 e. The van der Waals surface area contributed by atoms with Gasteiger partial charge in [-0.1, -0.05) is 29.8 Å². The molecule has 3 rings (SSSR count). The summed E-state index contributed by atoms with van der Waals surface area (Å²) >= 11 is 5.20. The van der Waals surface area contributed by atoms with E-state index in [9.17, 15) is 9.90 Å². The second-order valence-electron chi connectivity index (χ2n) is 6.56. The first kappa shape index (κ1) is 19.8. The van der Waals surface area contributed by atoms with Crippen molar-refractivity contribution in [2.45, 2.75) is 32.1 Å². The summed E-state index contributed by atoms with van der Waals surface area (Å²) in [5.41, 5.74) is 3.53. The molecule has 27 heavy (non-hydrogen) atoms. The molecule has 1 heterocycles. The number of rotatable bonds is 5. The molecule has 0 saturated heterocycles. The Balaban J connectivity index is 1.84. The third-order valence-electron chi connectivity index (χ3n) is 4.35. The van der Waals surface area contributed by atoms with Crippen molar-refractivity contribution >= 4 is 27.7 Å². The molecule has 5 heteroatoms. The number of hydrogen-bond donors (Lipinski definition) is 1. The highest BCUT2D eigenvalue weighted by molar-refractivity contribution is 9.10. The maximum atomic E-state index is 12.6. The van der Waals surface area contributed by atoms with E-state index in [0.717, 1.165) is 37.4 Å². The molecule has 0 radical (unpaired) electrons. The lowest BCUT2D eigenvalue weighted by Crippen LogP contribution is -2.08. The number of aromatic hydroxyl groups is 1. The van der Waals surface area contributed by atoms with Crippen LogP contribution in [0.1, 0.15) is 22.5 Å². The molecule has 0 aliphatic heterocycles. The molecule has 0 spiro atoms. The highest BCUT2D eigenvalue weighted by Crippen LogP contribution is 2.33. The third kappa shape index (κ3) is 4.47. The number of halogens is 1. The standard InChI is InChI=1S/C22H21BrO3S/c1-13-10-14(2)20(15(3)11-13)21-18(24)12-16(26-22(21)25)8-9-27-19-7-5-4-6-17(19)23/h4-7,10-12,24H,8-9H2,1-3H3. The maximum absolute atomic E-state index is 12.6. The van der Waals surface area contributed by atoms with Gasteiger partial charge in [0.2, 0.25) is 0 Å². The van der Waals surface area contributed by atoms with E-state index in [2.05, 4.69) is 15.9 Å². The van der Waals surface area contributed by atoms with E-state index in [-0.39, 0.29) is 11.3 Å². The van der Waals surface area contributed by atoms with E-state index in [1.165, 1.54) is 0 Å². The molecule has 1 aromatic heterocycles. The lowest BCUT2D eigenvalue weighted by atomic mass is 9.94. The van der Waals surface area contributed by atoms with E-state index in [1.54, 1.807) is 17.8 Å². The molecule has 0 atom stereocenters. The summed E-state index contributed by atoms with van der Waals surface area (Å²) in [4.78, 5) is 13.7. The van der Waals surface area contributed by atoms with E-state index >= 15 is 0 Å². The number of benzene rings is 2. The maximum Gasteiger partial charge on any atom is 0.347 e. The van der Waals surface area contributed by atoms with Crippen molar-refractivity contribution in [1.29, 1.82) is 0 Å². The summed E-state index contributed by atoms with van der Waals surface area (Å²) < 4.78 is 6.55. The lowest BCUT2D eigenvalue weighted by Gasteiger charge is -2.12. The zero-order chi connectivity index (χ0) is 19.6. The van der Waals surface area contributed by atoms with E-state index < -0.39 is 5.63 Å². The van der Waals surface area contributed by atoms with Gasteiger partial charge in [0.1, 0.15) is 17.1 Å². The van der Waals surface area contributed by atoms with Gasteiger partial charge >= 0.3 is 5.63 Å². The lowest BCUT2D eigenvalue weighted by molar-refractivity contribution is 0.430. The van der Waals surface area contributed by atoms with Crippen LogP contribution in [0.25, 0.3) is 11.1 Å². The summed E-state index contributed by atoms with van der Waals surface area (Å²) in [6.07, 6.45) is 0.556. The van der Waals surface area contributed by atoms with Gasteiger partial charge in [0.05, 0.1) is 0 Å². The van der Waals surface area contributed by atoms with E-state index in [0.29, 0.717) is 12.2 Å². The van der Waals surface area contributed by atoms with Gasteiger partial charge in [0.25, 0.3) is 0 Å². The molecule has 0 aliphatic rings. The summed E-state index contributed by atoms with van der Waals surface area (Å²) in [6.45, 7) is 5.89. The molecule has 0 amide bonds. The van der Waals surface area contributed by atoms with Crippen LogP contribution in [0, 0.1) is 20.8 Å². The fourth-order valence-corrected chi connectivity index (χ4v) is 4.81. The largest absolute Gasteiger partial charge is 0.507 e. The summed E-state index contributed by atoms with van der Waals surface area (Å²) in [7, 11) is 0. The van der Waals surface area contributed by atoms with Crippen molar-refractivity contribution in [2.24, 2.45) is 0 Å². The van der Waals surface area contributed by atoms with Gasteiger partial charge < -0.3 is 9.52 Å². The van der Waals surface area contributed by atoms with Crippen LogP contribution in [-0.4, -0.2) is 10.9 Å². The zero-order valence-corrected chi connectivity index (χ0v) is 17.9. The highest BCUT2D eigenvalue weighted by Gasteiger charge is 2.17. The van der Waals surface area contributed by atoms with Crippen LogP contribution >= 0.6 is 27.7 Å². The molecule has 0 fully saturated rings. The molecule has 0 unspecified atom stereocenters. The quantitative estimate of drug-likeness (QED) is 0.487. The summed E-state index contributed by atoms with van der Waals surface area (Å²) in [6, 6.07) is 13.6. The first-order chi connectivity index (χ1) is 12.9. The number of hydrogen-bond acceptors (Lipinski definition) is 4. The minimum absolute atomic E-state index is 0.0257. The Kier molecular flexibility index (Phi) is 6.12. The Morgan fingerprint density at radius 3 is 2.33 bits per heavy atom. The molecule has 140 valence electrons. The van der Waals surface area contributed by atoms with Crippen LogP contribution in [0.3, 0.4) is 0 Å². The fourth-order valence-electron chi connectivity index (χ4n) is 3.28. The van der Waals surface area contributed by atoms with Crippen LogP contribution in [0.5, 0.6) is 5.75 Å². The molecule has 3 nitrogen and oxygen atoms in total. The zero-order valence-electron chi connectivity index (χ0n) is 15.5. The van der Waals surface area contributed by atoms with Crippen molar-refractivity contribution < 1.29 is 9.52 Å². The average Bonchev–Trinajstić information content (AvgIpc) is 2.58. The fraction of sp³-hybridized carbons (Fsp3) is 0.227. The van der Waals surface area contributed by atoms with Crippen LogP contribution in [0.4, 0.5) is 0 Å². The van der Waals surface area contributed by atoms with E-state index in [4.69, 9.17) is 4.42 Å². The van der Waals surface area contributed by atoms with Crippen molar-refractivity contribution in [3.8, 4) is 16.9 Å². The number of aryl methyl sites for hydroxylation is 4. The minimum Gasteiger partial charge on any atom is -0.507 e. The highest BCUT2D eigenvalue weighted by atomic mass is 79.9. The SMILES string of the molecule is Cc1cc(C)c(-c2c(O)cc(CCSc3ccccc3Br)oc2=O)c(C)c1. The Morgan fingerprint density at radius 1 is 1.04 bits per heavy atom. The summed E-state index contributed by atoms with van der Waals surface area (Å²) in [5, 5.41) is 10.5. The van der Waals surface area contributed by atoms with Crippen LogP contribution < -0.4 is 5.63 Å². The second-order valence-corrected chi connectivity index (χ2v) is 8.55. The van der Waals surface area contributed by atoms with Gasteiger partial charge in [-0.25, -0.2) is 4.79 Å². The first-order valence-corrected chi connectivity index (χ1v) is 10.5. The van der Waals surface area contributed by atoms with Crippen molar-refractivity contribution in [3.05, 3.63) is 79.8 Å². The molecule has 1 N–H and O–H groups in total. The van der Waals surface area contributed by atoms with Crippen LogP contribution in [0.2, 0.25) is 0 Å². The number of thioether (sulfide) groups is 1. The van der Waals surface area contributed by atoms with Gasteiger partial charge in [-0.2, -0.15) is 0 Å². The van der Waals surface area contributed by atoms with Crippen molar-refractivity contribution in [3.63, 3.8) is 0 Å². The molecule has 0 bridgehead atoms. The minimum atomic E-state index is -0.494. The van der Waals surface area contributed by atoms with Gasteiger partial charge in [-0.3, -0.25) is 0 Å². The van der Waals surface area contributed by atoms with Gasteiger partial charge in [0, 0.05) is 27.6 Å². The molecular formula is C22H21BrO3S. The van der Waals surface area contributed by atoms with Crippen LogP contribution in [-0.2, 0) is 6.42 Å². The Hall–Kier alpha value is -1.98. The molecule has 0 aliphatic carbocycles. The van der Waals surface area contributed by atoms with Gasteiger partial charge in [0.15, 0.2) is 0 Å². The average molecular weight is 445 g/mol. The Morgan fingerprint density at radius 2 is 1.70 bits per heavy atom. The predicted octanol–water partition coefficient (Wildman–Crippen LogP) is 6.03. The van der Waals surface area contributed by atoms with Gasteiger partial charge in [-0.05, 0) is 65.5 Å². The normalized spacial score (nSPS) is 11.0. The predicted molar refractivity (Wildman–Crippen MR) is 115 cm³/mol. The monoisotopic (exact) mass is 444 g/mol. The van der Waals surface area contributed by atoms with Crippen molar-refractivity contribution in [1.82, 2.24) is 0 Å². The molecular weight excluding hydrogens is 424 g/mol. The van der Waals surface area contributed by atoms with Crippen LogP contribution in [0.15, 0.2) is 61.0 Å². The topological polar surface area (TPSA) is 50.4 Å². The second kappa shape index (κ2) is 8.36.